The monoisotopic (exact) mass is 212 g/mol. The molecule has 0 atom stereocenters. The van der Waals surface area contributed by atoms with Crippen molar-refractivity contribution in [3.63, 3.8) is 0 Å². The third kappa shape index (κ3) is 3.08. The van der Waals surface area contributed by atoms with Crippen molar-refractivity contribution in [1.29, 1.82) is 0 Å². The number of thiazole rings is 1. The van der Waals surface area contributed by atoms with Crippen LogP contribution in [-0.4, -0.2) is 16.4 Å². The summed E-state index contributed by atoms with van der Waals surface area (Å²) in [5.74, 6) is 6.05. The van der Waals surface area contributed by atoms with Gasteiger partial charge in [-0.3, -0.25) is 4.99 Å². The first kappa shape index (κ1) is 11.1. The van der Waals surface area contributed by atoms with Crippen molar-refractivity contribution in [2.45, 2.75) is 33.2 Å². The predicted octanol–water partition coefficient (Wildman–Crippen LogP) is 1.46. The largest absolute Gasteiger partial charge is 0.307 e. The van der Waals surface area contributed by atoms with Crippen LogP contribution in [0.4, 0.5) is 0 Å². The van der Waals surface area contributed by atoms with Crippen molar-refractivity contribution in [3.8, 4) is 0 Å². The molecule has 0 amide bonds. The number of nitrogens with one attached hydrogen (secondary N) is 1. The van der Waals surface area contributed by atoms with Gasteiger partial charge in [-0.1, -0.05) is 0 Å². The molecule has 0 spiro atoms. The Morgan fingerprint density at radius 2 is 2.21 bits per heavy atom. The Labute approximate surface area is 88.2 Å². The predicted molar refractivity (Wildman–Crippen MR) is 60.5 cm³/mol. The van der Waals surface area contributed by atoms with Gasteiger partial charge in [-0.25, -0.2) is 10.8 Å². The fraction of sp³-hybridized carbons (Fsp3) is 0.556. The number of hydrogen-bond donors (Lipinski definition) is 2. The Morgan fingerprint density at radius 3 is 2.57 bits per heavy atom. The van der Waals surface area contributed by atoms with Crippen LogP contribution in [0.2, 0.25) is 0 Å². The standard InChI is InChI=1S/C9H16N4S/c1-6-11-7(5-14-6)8(13-10)12-9(2,3)4/h5H,10H2,1-4H3,(H,12,13). The van der Waals surface area contributed by atoms with Crippen molar-refractivity contribution >= 4 is 17.2 Å². The number of nitrogens with two attached hydrogens (primary N) is 1. The van der Waals surface area contributed by atoms with Gasteiger partial charge in [0.25, 0.3) is 0 Å². The number of aryl methyl sites for hydroxylation is 1. The molecule has 5 heteroatoms. The second-order valence-electron chi connectivity index (χ2n) is 4.03. The summed E-state index contributed by atoms with van der Waals surface area (Å²) in [5.41, 5.74) is 3.24. The summed E-state index contributed by atoms with van der Waals surface area (Å²) in [5, 5.41) is 2.96. The van der Waals surface area contributed by atoms with E-state index in [1.54, 1.807) is 11.3 Å². The number of aromatic nitrogens is 1. The van der Waals surface area contributed by atoms with Crippen LogP contribution in [0.5, 0.6) is 0 Å². The Hall–Kier alpha value is -0.940. The molecule has 1 heterocycles. The lowest BCUT2D eigenvalue weighted by Gasteiger charge is -2.14. The summed E-state index contributed by atoms with van der Waals surface area (Å²) in [7, 11) is 0. The van der Waals surface area contributed by atoms with E-state index in [4.69, 9.17) is 5.84 Å². The van der Waals surface area contributed by atoms with E-state index in [9.17, 15) is 0 Å². The van der Waals surface area contributed by atoms with Gasteiger partial charge in [0.05, 0.1) is 10.5 Å². The maximum Gasteiger partial charge on any atom is 0.162 e. The molecular formula is C9H16N4S. The molecule has 1 rings (SSSR count). The molecule has 0 aliphatic carbocycles. The first-order valence-corrected chi connectivity index (χ1v) is 5.29. The van der Waals surface area contributed by atoms with Gasteiger partial charge >= 0.3 is 0 Å². The van der Waals surface area contributed by atoms with Crippen LogP contribution < -0.4 is 11.3 Å². The molecular weight excluding hydrogens is 196 g/mol. The molecule has 0 aliphatic heterocycles. The molecule has 0 saturated carbocycles. The molecule has 0 aliphatic rings. The van der Waals surface area contributed by atoms with Crippen LogP contribution in [0, 0.1) is 6.92 Å². The topological polar surface area (TPSA) is 63.3 Å². The summed E-state index contributed by atoms with van der Waals surface area (Å²) in [6.45, 7) is 8.01. The van der Waals surface area contributed by atoms with Crippen molar-refractivity contribution < 1.29 is 0 Å². The van der Waals surface area contributed by atoms with Crippen LogP contribution in [0.1, 0.15) is 31.5 Å². The molecule has 1 aromatic heterocycles. The second-order valence-corrected chi connectivity index (χ2v) is 5.09. The minimum absolute atomic E-state index is 0.154. The van der Waals surface area contributed by atoms with E-state index in [1.165, 1.54) is 0 Å². The zero-order valence-corrected chi connectivity index (χ0v) is 9.77. The highest BCUT2D eigenvalue weighted by Gasteiger charge is 2.12. The van der Waals surface area contributed by atoms with Gasteiger partial charge in [-0.2, -0.15) is 0 Å². The zero-order valence-electron chi connectivity index (χ0n) is 8.96. The van der Waals surface area contributed by atoms with Gasteiger partial charge in [0.1, 0.15) is 5.69 Å². The molecule has 14 heavy (non-hydrogen) atoms. The summed E-state index contributed by atoms with van der Waals surface area (Å²) in [6.07, 6.45) is 0. The van der Waals surface area contributed by atoms with E-state index >= 15 is 0 Å². The quantitative estimate of drug-likeness (QED) is 0.320. The van der Waals surface area contributed by atoms with Gasteiger partial charge < -0.3 is 5.43 Å². The van der Waals surface area contributed by atoms with Gasteiger partial charge in [0.15, 0.2) is 5.84 Å². The Bertz CT molecular complexity index is 335. The average molecular weight is 212 g/mol. The lowest BCUT2D eigenvalue weighted by molar-refractivity contribution is 0.580. The zero-order chi connectivity index (χ0) is 10.8. The molecule has 3 N–H and O–H groups in total. The summed E-state index contributed by atoms with van der Waals surface area (Å²) in [6, 6.07) is 0. The molecule has 78 valence electrons. The summed E-state index contributed by atoms with van der Waals surface area (Å²) in [4.78, 5) is 8.75. The smallest absolute Gasteiger partial charge is 0.162 e. The third-order valence-corrected chi connectivity index (χ3v) is 2.22. The molecule has 0 aromatic carbocycles. The molecule has 0 bridgehead atoms. The summed E-state index contributed by atoms with van der Waals surface area (Å²) >= 11 is 1.59. The number of hydrazine groups is 1. The van der Waals surface area contributed by atoms with Crippen molar-refractivity contribution in [3.05, 3.63) is 16.1 Å². The number of hydrogen-bond acceptors (Lipinski definition) is 4. The first-order chi connectivity index (χ1) is 6.42. The van der Waals surface area contributed by atoms with E-state index in [1.807, 2.05) is 33.1 Å². The minimum atomic E-state index is -0.154. The molecule has 1 aromatic rings. The molecule has 0 fully saturated rings. The molecule has 4 nitrogen and oxygen atoms in total. The van der Waals surface area contributed by atoms with Crippen LogP contribution >= 0.6 is 11.3 Å². The maximum atomic E-state index is 5.41. The van der Waals surface area contributed by atoms with Crippen LogP contribution in [0.15, 0.2) is 10.4 Å². The normalized spacial score (nSPS) is 13.1. The third-order valence-electron chi connectivity index (χ3n) is 1.45. The Morgan fingerprint density at radius 1 is 1.57 bits per heavy atom. The molecule has 0 radical (unpaired) electrons. The lowest BCUT2D eigenvalue weighted by atomic mass is 10.1. The lowest BCUT2D eigenvalue weighted by Crippen LogP contribution is -2.33. The maximum absolute atomic E-state index is 5.41. The van der Waals surface area contributed by atoms with Crippen molar-refractivity contribution in [2.24, 2.45) is 10.8 Å². The van der Waals surface area contributed by atoms with Gasteiger partial charge in [-0.15, -0.1) is 11.3 Å². The van der Waals surface area contributed by atoms with Gasteiger partial charge in [0.2, 0.25) is 0 Å². The highest BCUT2D eigenvalue weighted by atomic mass is 32.1. The van der Waals surface area contributed by atoms with Crippen LogP contribution in [-0.2, 0) is 0 Å². The van der Waals surface area contributed by atoms with E-state index in [0.29, 0.717) is 5.84 Å². The fourth-order valence-corrected chi connectivity index (χ4v) is 1.57. The van der Waals surface area contributed by atoms with E-state index in [0.717, 1.165) is 10.7 Å². The SMILES string of the molecule is Cc1nc(C(=NC(C)(C)C)NN)cs1. The van der Waals surface area contributed by atoms with E-state index < -0.39 is 0 Å². The van der Waals surface area contributed by atoms with Crippen LogP contribution in [0.3, 0.4) is 0 Å². The number of amidine groups is 1. The second kappa shape index (κ2) is 4.06. The van der Waals surface area contributed by atoms with Gasteiger partial charge in [-0.05, 0) is 27.7 Å². The number of nitrogens with zero attached hydrogens (tertiary/aromatic N) is 2. The molecule has 0 unspecified atom stereocenters. The number of aliphatic imine (C=N–C) groups is 1. The summed E-state index contributed by atoms with van der Waals surface area (Å²) < 4.78 is 0. The fourth-order valence-electron chi connectivity index (χ4n) is 0.971. The van der Waals surface area contributed by atoms with E-state index in [-0.39, 0.29) is 5.54 Å². The first-order valence-electron chi connectivity index (χ1n) is 4.41. The van der Waals surface area contributed by atoms with Crippen LogP contribution in [0.25, 0.3) is 0 Å². The minimum Gasteiger partial charge on any atom is -0.307 e. The Kier molecular flexibility index (Phi) is 3.23. The number of rotatable bonds is 1. The van der Waals surface area contributed by atoms with Crippen molar-refractivity contribution in [1.82, 2.24) is 10.4 Å². The highest BCUT2D eigenvalue weighted by molar-refractivity contribution is 7.09. The van der Waals surface area contributed by atoms with Crippen molar-refractivity contribution in [2.75, 3.05) is 0 Å². The van der Waals surface area contributed by atoms with Gasteiger partial charge in [0, 0.05) is 5.38 Å². The van der Waals surface area contributed by atoms with E-state index in [2.05, 4.69) is 15.4 Å². The average Bonchev–Trinajstić information content (AvgIpc) is 2.46. The molecule has 0 saturated heterocycles. The Balaban J connectivity index is 2.99. The highest BCUT2D eigenvalue weighted by Crippen LogP contribution is 2.12.